The zero-order chi connectivity index (χ0) is 15.4. The first-order chi connectivity index (χ1) is 10.0. The summed E-state index contributed by atoms with van der Waals surface area (Å²) in [6.45, 7) is 5.70. The zero-order valence-electron chi connectivity index (χ0n) is 12.2. The molecule has 0 aliphatic rings. The monoisotopic (exact) mass is 280 g/mol. The quantitative estimate of drug-likeness (QED) is 0.687. The second-order valence-corrected chi connectivity index (χ2v) is 4.82. The molecule has 4 nitrogen and oxygen atoms in total. The normalized spacial score (nSPS) is 11.0. The lowest BCUT2D eigenvalue weighted by atomic mass is 10.1. The van der Waals surface area contributed by atoms with Gasteiger partial charge in [0.25, 0.3) is 5.91 Å². The van der Waals surface area contributed by atoms with Crippen LogP contribution in [0.4, 0.5) is 5.69 Å². The summed E-state index contributed by atoms with van der Waals surface area (Å²) in [5.41, 5.74) is 2.77. The highest BCUT2D eigenvalue weighted by atomic mass is 16.3. The number of nitriles is 1. The first kappa shape index (κ1) is 14.6. The molecule has 0 aliphatic carbocycles. The fourth-order valence-electron chi connectivity index (χ4n) is 1.90. The van der Waals surface area contributed by atoms with Crippen LogP contribution in [0.1, 0.15) is 22.6 Å². The van der Waals surface area contributed by atoms with Crippen molar-refractivity contribution in [1.29, 1.82) is 5.26 Å². The molecule has 21 heavy (non-hydrogen) atoms. The number of nitrogens with zero attached hydrogens (tertiary/aromatic N) is 1. The van der Waals surface area contributed by atoms with Gasteiger partial charge in [-0.15, -0.1) is 0 Å². The van der Waals surface area contributed by atoms with Crippen molar-refractivity contribution in [2.45, 2.75) is 20.8 Å². The second-order valence-electron chi connectivity index (χ2n) is 4.82. The number of rotatable bonds is 3. The van der Waals surface area contributed by atoms with Crippen molar-refractivity contribution in [3.05, 3.63) is 58.6 Å². The van der Waals surface area contributed by atoms with Gasteiger partial charge in [-0.25, -0.2) is 0 Å². The van der Waals surface area contributed by atoms with Gasteiger partial charge in [-0.1, -0.05) is 12.1 Å². The summed E-state index contributed by atoms with van der Waals surface area (Å²) in [7, 11) is 0. The van der Waals surface area contributed by atoms with Gasteiger partial charge in [0.2, 0.25) is 0 Å². The molecule has 1 N–H and O–H groups in total. The minimum Gasteiger partial charge on any atom is -0.462 e. The number of hydrogen-bond donors (Lipinski definition) is 1. The summed E-state index contributed by atoms with van der Waals surface area (Å²) in [6, 6.07) is 11.1. The second kappa shape index (κ2) is 6.10. The summed E-state index contributed by atoms with van der Waals surface area (Å²) in [4.78, 5) is 12.2. The zero-order valence-corrected chi connectivity index (χ0v) is 12.2. The lowest BCUT2D eigenvalue weighted by Gasteiger charge is -2.09. The molecule has 1 amide bonds. The van der Waals surface area contributed by atoms with Crippen molar-refractivity contribution in [1.82, 2.24) is 0 Å². The third-order valence-electron chi connectivity index (χ3n) is 3.27. The van der Waals surface area contributed by atoms with Crippen LogP contribution < -0.4 is 5.32 Å². The number of benzene rings is 1. The van der Waals surface area contributed by atoms with E-state index in [1.807, 2.05) is 38.1 Å². The highest BCUT2D eigenvalue weighted by Gasteiger charge is 2.12. The molecule has 1 aromatic heterocycles. The number of amides is 1. The van der Waals surface area contributed by atoms with Crippen LogP contribution in [-0.4, -0.2) is 5.91 Å². The molecule has 1 heterocycles. The fraction of sp³-hybridized carbons (Fsp3) is 0.176. The molecule has 0 saturated heterocycles. The number of hydrogen-bond acceptors (Lipinski definition) is 3. The minimum absolute atomic E-state index is 0.00487. The van der Waals surface area contributed by atoms with Gasteiger partial charge in [-0.2, -0.15) is 5.26 Å². The summed E-state index contributed by atoms with van der Waals surface area (Å²) in [5, 5.41) is 11.9. The van der Waals surface area contributed by atoms with Crippen molar-refractivity contribution in [3.63, 3.8) is 0 Å². The third kappa shape index (κ3) is 3.40. The van der Waals surface area contributed by atoms with Crippen LogP contribution >= 0.6 is 0 Å². The van der Waals surface area contributed by atoms with Gasteiger partial charge in [0.15, 0.2) is 0 Å². The van der Waals surface area contributed by atoms with E-state index in [1.165, 1.54) is 6.08 Å². The van der Waals surface area contributed by atoms with Gasteiger partial charge in [-0.3, -0.25) is 4.79 Å². The fourth-order valence-corrected chi connectivity index (χ4v) is 1.90. The summed E-state index contributed by atoms with van der Waals surface area (Å²) in [5.74, 6) is 0.772. The molecule has 0 unspecified atom stereocenters. The van der Waals surface area contributed by atoms with Gasteiger partial charge in [0.05, 0.1) is 0 Å². The van der Waals surface area contributed by atoms with E-state index in [-0.39, 0.29) is 5.57 Å². The largest absolute Gasteiger partial charge is 0.462 e. The van der Waals surface area contributed by atoms with Crippen molar-refractivity contribution < 1.29 is 9.21 Å². The van der Waals surface area contributed by atoms with E-state index in [1.54, 1.807) is 19.1 Å². The van der Waals surface area contributed by atoms with Crippen LogP contribution in [0.25, 0.3) is 6.08 Å². The molecule has 2 aromatic rings. The Bertz CT molecular complexity index is 748. The van der Waals surface area contributed by atoms with E-state index in [2.05, 4.69) is 5.32 Å². The summed E-state index contributed by atoms with van der Waals surface area (Å²) >= 11 is 0. The molecule has 4 heteroatoms. The Morgan fingerprint density at radius 3 is 2.62 bits per heavy atom. The van der Waals surface area contributed by atoms with Crippen molar-refractivity contribution in [2.75, 3.05) is 5.32 Å². The number of furan rings is 1. The molecule has 1 aromatic carbocycles. The Kier molecular flexibility index (Phi) is 4.24. The first-order valence-corrected chi connectivity index (χ1v) is 6.57. The maximum atomic E-state index is 12.2. The maximum absolute atomic E-state index is 12.2. The molecule has 0 bridgehead atoms. The predicted molar refractivity (Wildman–Crippen MR) is 81.6 cm³/mol. The van der Waals surface area contributed by atoms with E-state index in [0.717, 1.165) is 16.9 Å². The molecule has 0 saturated carbocycles. The van der Waals surface area contributed by atoms with Gasteiger partial charge in [-0.05, 0) is 50.1 Å². The Balaban J connectivity index is 2.24. The summed E-state index contributed by atoms with van der Waals surface area (Å²) in [6.07, 6.45) is 1.44. The Morgan fingerprint density at radius 2 is 2.00 bits per heavy atom. The van der Waals surface area contributed by atoms with Crippen LogP contribution in [-0.2, 0) is 4.79 Å². The first-order valence-electron chi connectivity index (χ1n) is 6.57. The predicted octanol–water partition coefficient (Wildman–Crippen LogP) is 3.75. The molecule has 0 radical (unpaired) electrons. The lowest BCUT2D eigenvalue weighted by Crippen LogP contribution is -2.14. The van der Waals surface area contributed by atoms with Crippen LogP contribution in [0.2, 0.25) is 0 Å². The van der Waals surface area contributed by atoms with Gasteiger partial charge >= 0.3 is 0 Å². The number of carbonyl (C=O) groups is 1. The minimum atomic E-state index is -0.444. The molecular weight excluding hydrogens is 264 g/mol. The van der Waals surface area contributed by atoms with E-state index in [9.17, 15) is 4.79 Å². The average Bonchev–Trinajstić information content (AvgIpc) is 2.86. The number of anilines is 1. The molecule has 0 atom stereocenters. The highest BCUT2D eigenvalue weighted by Crippen LogP contribution is 2.19. The smallest absolute Gasteiger partial charge is 0.266 e. The SMILES string of the molecule is Cc1ccc(/C=C(\C#N)C(=O)Nc2cccc(C)c2C)o1. The Morgan fingerprint density at radius 1 is 1.24 bits per heavy atom. The molecular formula is C17H16N2O2. The van der Waals surface area contributed by atoms with E-state index < -0.39 is 5.91 Å². The van der Waals surface area contributed by atoms with Crippen molar-refractivity contribution in [2.24, 2.45) is 0 Å². The molecule has 2 rings (SSSR count). The van der Waals surface area contributed by atoms with E-state index in [4.69, 9.17) is 9.68 Å². The van der Waals surface area contributed by atoms with Gasteiger partial charge in [0.1, 0.15) is 23.2 Å². The number of carbonyl (C=O) groups excluding carboxylic acids is 1. The van der Waals surface area contributed by atoms with Crippen LogP contribution in [0.15, 0.2) is 40.3 Å². The molecule has 0 fully saturated rings. The maximum Gasteiger partial charge on any atom is 0.266 e. The molecule has 106 valence electrons. The van der Waals surface area contributed by atoms with Crippen molar-refractivity contribution in [3.8, 4) is 6.07 Å². The van der Waals surface area contributed by atoms with Crippen molar-refractivity contribution >= 4 is 17.7 Å². The van der Waals surface area contributed by atoms with Crippen LogP contribution in [0.5, 0.6) is 0 Å². The number of aryl methyl sites for hydroxylation is 2. The van der Waals surface area contributed by atoms with Crippen LogP contribution in [0, 0.1) is 32.1 Å². The standard InChI is InChI=1S/C17H16N2O2/c1-11-5-4-6-16(13(11)3)19-17(20)14(10-18)9-15-8-7-12(2)21-15/h4-9H,1-3H3,(H,19,20)/b14-9+. The number of nitrogens with one attached hydrogen (secondary N) is 1. The van der Waals surface area contributed by atoms with Gasteiger partial charge in [0, 0.05) is 11.8 Å². The summed E-state index contributed by atoms with van der Waals surface area (Å²) < 4.78 is 5.35. The highest BCUT2D eigenvalue weighted by molar-refractivity contribution is 6.09. The van der Waals surface area contributed by atoms with Crippen LogP contribution in [0.3, 0.4) is 0 Å². The molecule has 0 aliphatic heterocycles. The third-order valence-corrected chi connectivity index (χ3v) is 3.27. The van der Waals surface area contributed by atoms with E-state index >= 15 is 0 Å². The van der Waals surface area contributed by atoms with E-state index in [0.29, 0.717) is 11.4 Å². The lowest BCUT2D eigenvalue weighted by molar-refractivity contribution is -0.112. The molecule has 0 spiro atoms. The Labute approximate surface area is 123 Å². The average molecular weight is 280 g/mol. The van der Waals surface area contributed by atoms with Gasteiger partial charge < -0.3 is 9.73 Å². The topological polar surface area (TPSA) is 66.0 Å². The Hall–Kier alpha value is -2.80.